The van der Waals surface area contributed by atoms with Gasteiger partial charge >= 0.3 is 17.9 Å². The Bertz CT molecular complexity index is 601. The first-order chi connectivity index (χ1) is 11.2. The summed E-state index contributed by atoms with van der Waals surface area (Å²) in [4.78, 5) is 32.4. The molecule has 0 amide bonds. The van der Waals surface area contributed by atoms with Crippen molar-refractivity contribution in [1.82, 2.24) is 15.0 Å². The number of carbonyl (C=O) groups is 3. The molecule has 1 aromatic rings. The predicted molar refractivity (Wildman–Crippen MR) is 92.5 cm³/mol. The van der Waals surface area contributed by atoms with E-state index in [4.69, 9.17) is 14.6 Å². The lowest BCUT2D eigenvalue weighted by molar-refractivity contribution is -0.156. The quantitative estimate of drug-likeness (QED) is 0.578. The van der Waals surface area contributed by atoms with Gasteiger partial charge in [-0.1, -0.05) is 21.1 Å². The molecule has 1 rings (SSSR count). The first-order valence-electron chi connectivity index (χ1n) is 7.36. The summed E-state index contributed by atoms with van der Waals surface area (Å²) in [5, 5.41) is 15.7. The number of hydrogen-bond acceptors (Lipinski definition) is 7. The number of aromatic carboxylic acids is 1. The predicted octanol–water partition coefficient (Wildman–Crippen LogP) is 2.04. The molecule has 0 saturated carbocycles. The van der Waals surface area contributed by atoms with E-state index in [0.717, 1.165) is 4.68 Å². The van der Waals surface area contributed by atoms with Gasteiger partial charge in [0.2, 0.25) is 0 Å². The van der Waals surface area contributed by atoms with Crippen molar-refractivity contribution in [3.8, 4) is 0 Å². The molecule has 0 aliphatic heterocycles. The average Bonchev–Trinajstić information content (AvgIpc) is 2.83. The molecule has 0 atom stereocenters. The van der Waals surface area contributed by atoms with Gasteiger partial charge in [-0.25, -0.2) is 9.48 Å². The highest BCUT2D eigenvalue weighted by Gasteiger charge is 2.18. The topological polar surface area (TPSA) is 121 Å². The van der Waals surface area contributed by atoms with Gasteiger partial charge in [0.25, 0.3) is 0 Å². The average molecular weight is 422 g/mol. The van der Waals surface area contributed by atoms with Crippen molar-refractivity contribution in [3.63, 3.8) is 0 Å². The molecule has 0 saturated heterocycles. The number of esters is 2. The summed E-state index contributed by atoms with van der Waals surface area (Å²) in [6, 6.07) is 0. The van der Waals surface area contributed by atoms with Crippen molar-refractivity contribution in [3.05, 3.63) is 11.9 Å². The smallest absolute Gasteiger partial charge is 0.358 e. The standard InChI is InChI=1S/C9H13N3O4.C6H11BrO2/c1-9(2,3)16-7(13)5-12-4-6(8(14)15)10-11-12;1-6(2,3)9-5(8)4-7/h4H,5H2,1-3H3,(H,14,15);4H2,1-3H3. The minimum atomic E-state index is -1.18. The van der Waals surface area contributed by atoms with Crippen LogP contribution in [-0.4, -0.2) is 54.5 Å². The summed E-state index contributed by atoms with van der Waals surface area (Å²) in [5.41, 5.74) is -1.14. The van der Waals surface area contributed by atoms with E-state index in [-0.39, 0.29) is 29.1 Å². The Morgan fingerprint density at radius 1 is 1.08 bits per heavy atom. The minimum Gasteiger partial charge on any atom is -0.476 e. The molecule has 0 fully saturated rings. The molecule has 0 radical (unpaired) electrons. The fraction of sp³-hybridized carbons (Fsp3) is 0.667. The molecular formula is C15H24BrN3O6. The summed E-state index contributed by atoms with van der Waals surface area (Å²) in [6.45, 7) is 10.6. The number of rotatable bonds is 4. The second-order valence-electron chi connectivity index (χ2n) is 6.91. The molecule has 0 unspecified atom stereocenters. The lowest BCUT2D eigenvalue weighted by Gasteiger charge is -2.19. The van der Waals surface area contributed by atoms with Gasteiger partial charge in [0.1, 0.15) is 23.1 Å². The number of carboxylic acids is 1. The van der Waals surface area contributed by atoms with E-state index in [1.54, 1.807) is 20.8 Å². The molecule has 1 aromatic heterocycles. The van der Waals surface area contributed by atoms with Gasteiger partial charge in [0.05, 0.1) is 6.20 Å². The fourth-order valence-corrected chi connectivity index (χ4v) is 1.46. The van der Waals surface area contributed by atoms with Crippen LogP contribution in [0.3, 0.4) is 0 Å². The maximum Gasteiger partial charge on any atom is 0.358 e. The lowest BCUT2D eigenvalue weighted by atomic mass is 10.2. The molecule has 10 heteroatoms. The van der Waals surface area contributed by atoms with E-state index >= 15 is 0 Å². The molecule has 1 heterocycles. The monoisotopic (exact) mass is 421 g/mol. The Morgan fingerprint density at radius 3 is 1.88 bits per heavy atom. The zero-order chi connectivity index (χ0) is 19.8. The third-order valence-corrected chi connectivity index (χ3v) is 2.46. The highest BCUT2D eigenvalue weighted by molar-refractivity contribution is 9.09. The normalized spacial score (nSPS) is 11.2. The molecular weight excluding hydrogens is 398 g/mol. The Hall–Kier alpha value is -1.97. The molecule has 0 aliphatic rings. The van der Waals surface area contributed by atoms with Gasteiger partial charge in [0.15, 0.2) is 5.69 Å². The van der Waals surface area contributed by atoms with E-state index in [1.807, 2.05) is 20.8 Å². The van der Waals surface area contributed by atoms with Crippen LogP contribution in [0.25, 0.3) is 0 Å². The Morgan fingerprint density at radius 2 is 1.56 bits per heavy atom. The summed E-state index contributed by atoms with van der Waals surface area (Å²) in [6.07, 6.45) is 1.17. The van der Waals surface area contributed by atoms with Gasteiger partial charge in [-0.2, -0.15) is 0 Å². The van der Waals surface area contributed by atoms with Crippen molar-refractivity contribution >= 4 is 33.8 Å². The fourth-order valence-electron chi connectivity index (χ4n) is 1.35. The van der Waals surface area contributed by atoms with Crippen LogP contribution in [0.5, 0.6) is 0 Å². The maximum atomic E-state index is 11.3. The number of halogens is 1. The van der Waals surface area contributed by atoms with E-state index in [2.05, 4.69) is 26.2 Å². The van der Waals surface area contributed by atoms with Crippen LogP contribution in [0.1, 0.15) is 52.0 Å². The lowest BCUT2D eigenvalue weighted by Crippen LogP contribution is -2.26. The van der Waals surface area contributed by atoms with Crippen LogP contribution < -0.4 is 0 Å². The molecule has 0 aliphatic carbocycles. The van der Waals surface area contributed by atoms with E-state index < -0.39 is 17.5 Å². The molecule has 0 bridgehead atoms. The van der Waals surface area contributed by atoms with Gasteiger partial charge < -0.3 is 14.6 Å². The summed E-state index contributed by atoms with van der Waals surface area (Å²) >= 11 is 2.99. The molecule has 0 aromatic carbocycles. The third-order valence-electron chi connectivity index (χ3n) is 2.00. The molecule has 25 heavy (non-hydrogen) atoms. The van der Waals surface area contributed by atoms with Crippen molar-refractivity contribution in [2.24, 2.45) is 0 Å². The van der Waals surface area contributed by atoms with Crippen molar-refractivity contribution < 1.29 is 29.0 Å². The summed E-state index contributed by atoms with van der Waals surface area (Å²) in [5.74, 6) is -1.90. The number of carboxylic acid groups (broad SMARTS) is 1. The first-order valence-corrected chi connectivity index (χ1v) is 8.49. The highest BCUT2D eigenvalue weighted by atomic mass is 79.9. The number of aromatic nitrogens is 3. The van der Waals surface area contributed by atoms with Crippen molar-refractivity contribution in [2.75, 3.05) is 5.33 Å². The molecule has 142 valence electrons. The van der Waals surface area contributed by atoms with Gasteiger partial charge in [-0.3, -0.25) is 9.59 Å². The molecule has 1 N–H and O–H groups in total. The van der Waals surface area contributed by atoms with Crippen LogP contribution in [0.2, 0.25) is 0 Å². The summed E-state index contributed by atoms with van der Waals surface area (Å²) in [7, 11) is 0. The number of carbonyl (C=O) groups excluding carboxylic acids is 2. The highest BCUT2D eigenvalue weighted by Crippen LogP contribution is 2.08. The number of ether oxygens (including phenoxy) is 2. The van der Waals surface area contributed by atoms with Gasteiger partial charge in [0, 0.05) is 0 Å². The number of alkyl halides is 1. The zero-order valence-electron chi connectivity index (χ0n) is 15.2. The van der Waals surface area contributed by atoms with Crippen LogP contribution in [-0.2, 0) is 25.6 Å². The second-order valence-corrected chi connectivity index (χ2v) is 7.47. The molecule has 0 spiro atoms. The Kier molecular flexibility index (Phi) is 8.75. The SMILES string of the molecule is CC(C)(C)OC(=O)CBr.CC(C)(C)OC(=O)Cn1cc(C(=O)O)nn1. The van der Waals surface area contributed by atoms with E-state index in [0.29, 0.717) is 0 Å². The van der Waals surface area contributed by atoms with E-state index in [1.165, 1.54) is 6.20 Å². The maximum absolute atomic E-state index is 11.3. The first kappa shape index (κ1) is 23.0. The van der Waals surface area contributed by atoms with Gasteiger partial charge in [-0.15, -0.1) is 5.10 Å². The Balaban J connectivity index is 0.000000547. The largest absolute Gasteiger partial charge is 0.476 e. The summed E-state index contributed by atoms with van der Waals surface area (Å²) < 4.78 is 11.1. The zero-order valence-corrected chi connectivity index (χ0v) is 16.8. The van der Waals surface area contributed by atoms with Gasteiger partial charge in [-0.05, 0) is 41.5 Å². The van der Waals surface area contributed by atoms with Crippen molar-refractivity contribution in [1.29, 1.82) is 0 Å². The Labute approximate surface area is 154 Å². The van der Waals surface area contributed by atoms with Crippen LogP contribution in [0, 0.1) is 0 Å². The third kappa shape index (κ3) is 12.1. The van der Waals surface area contributed by atoms with Crippen LogP contribution in [0.15, 0.2) is 6.20 Å². The van der Waals surface area contributed by atoms with Crippen LogP contribution >= 0.6 is 15.9 Å². The number of hydrogen-bond donors (Lipinski definition) is 1. The van der Waals surface area contributed by atoms with Crippen LogP contribution in [0.4, 0.5) is 0 Å². The molecule has 9 nitrogen and oxygen atoms in total. The second kappa shape index (κ2) is 9.50. The number of nitrogens with zero attached hydrogens (tertiary/aromatic N) is 3. The van der Waals surface area contributed by atoms with Crippen molar-refractivity contribution in [2.45, 2.75) is 59.3 Å². The minimum absolute atomic E-state index is 0.155. The van der Waals surface area contributed by atoms with E-state index in [9.17, 15) is 14.4 Å².